The standard InChI is InChI=1S/C22H21N5O2.C8H11NO3/c1-14-9-15(6-7-20(14)29-12-16-5-3-4-8-24-16)27-22-17-10-18(23)21(28-2)11-19(17)25-13-26-22;1-2-7(10)9-5-3-4-6(9)8(11)12/h3-11,13H,12,23H2,1-2H3,(H,25,26,27);2,6H,1,3-5H2,(H,11,12)/t;6-/m.0/s1. The minimum Gasteiger partial charge on any atom is -0.495 e. The van der Waals surface area contributed by atoms with E-state index in [1.165, 1.54) is 11.2 Å². The van der Waals surface area contributed by atoms with Crippen molar-refractivity contribution in [1.29, 1.82) is 0 Å². The molecule has 3 heterocycles. The molecule has 0 aliphatic carbocycles. The number of hydrogen-bond donors (Lipinski definition) is 3. The number of amides is 1. The van der Waals surface area contributed by atoms with E-state index >= 15 is 0 Å². The van der Waals surface area contributed by atoms with Crippen molar-refractivity contribution < 1.29 is 24.2 Å². The van der Waals surface area contributed by atoms with Crippen molar-refractivity contribution in [2.24, 2.45) is 0 Å². The predicted octanol–water partition coefficient (Wildman–Crippen LogP) is 4.49. The van der Waals surface area contributed by atoms with Gasteiger partial charge in [0.2, 0.25) is 5.91 Å². The number of anilines is 3. The van der Waals surface area contributed by atoms with Crippen LogP contribution in [0.4, 0.5) is 17.2 Å². The van der Waals surface area contributed by atoms with Crippen LogP contribution in [-0.4, -0.2) is 56.5 Å². The first-order valence-corrected chi connectivity index (χ1v) is 12.9. The molecule has 1 amide bonds. The summed E-state index contributed by atoms with van der Waals surface area (Å²) in [5.74, 6) is 0.851. The van der Waals surface area contributed by atoms with Gasteiger partial charge in [0.1, 0.15) is 36.3 Å². The van der Waals surface area contributed by atoms with Gasteiger partial charge in [0.05, 0.1) is 24.0 Å². The second kappa shape index (κ2) is 13.2. The Balaban J connectivity index is 0.000000271. The highest BCUT2D eigenvalue weighted by Crippen LogP contribution is 2.32. The molecule has 0 spiro atoms. The molecule has 1 fully saturated rings. The van der Waals surface area contributed by atoms with Gasteiger partial charge >= 0.3 is 5.97 Å². The van der Waals surface area contributed by atoms with E-state index in [9.17, 15) is 9.59 Å². The maximum Gasteiger partial charge on any atom is 0.326 e. The van der Waals surface area contributed by atoms with Gasteiger partial charge in [-0.1, -0.05) is 12.6 Å². The molecule has 0 radical (unpaired) electrons. The number of carboxylic acid groups (broad SMARTS) is 1. The first-order chi connectivity index (χ1) is 19.8. The topological polar surface area (TPSA) is 153 Å². The van der Waals surface area contributed by atoms with Crippen LogP contribution in [0.1, 0.15) is 24.1 Å². The summed E-state index contributed by atoms with van der Waals surface area (Å²) in [6.07, 6.45) is 5.73. The fraction of sp³-hybridized carbons (Fsp3) is 0.233. The number of benzene rings is 2. The lowest BCUT2D eigenvalue weighted by molar-refractivity contribution is -0.146. The van der Waals surface area contributed by atoms with Crippen molar-refractivity contribution in [3.05, 3.63) is 85.0 Å². The molecule has 212 valence electrons. The van der Waals surface area contributed by atoms with Crippen LogP contribution in [0.3, 0.4) is 0 Å². The lowest BCUT2D eigenvalue weighted by Crippen LogP contribution is -2.39. The number of methoxy groups -OCH3 is 1. The van der Waals surface area contributed by atoms with E-state index in [4.69, 9.17) is 20.3 Å². The van der Waals surface area contributed by atoms with E-state index in [2.05, 4.69) is 26.8 Å². The van der Waals surface area contributed by atoms with Crippen LogP contribution in [0, 0.1) is 6.92 Å². The molecule has 0 saturated carbocycles. The Morgan fingerprint density at radius 1 is 1.17 bits per heavy atom. The smallest absolute Gasteiger partial charge is 0.326 e. The number of nitrogens with one attached hydrogen (secondary N) is 1. The summed E-state index contributed by atoms with van der Waals surface area (Å²) in [4.78, 5) is 36.0. The molecule has 4 aromatic rings. The average Bonchev–Trinajstić information content (AvgIpc) is 3.48. The molecular formula is C30H32N6O5. The largest absolute Gasteiger partial charge is 0.495 e. The molecule has 0 unspecified atom stereocenters. The van der Waals surface area contributed by atoms with E-state index in [1.807, 2.05) is 49.4 Å². The minimum atomic E-state index is -0.928. The van der Waals surface area contributed by atoms with Gasteiger partial charge in [0, 0.05) is 29.9 Å². The summed E-state index contributed by atoms with van der Waals surface area (Å²) in [5, 5.41) is 12.9. The van der Waals surface area contributed by atoms with Gasteiger partial charge in [0.15, 0.2) is 0 Å². The molecule has 1 aliphatic rings. The molecule has 41 heavy (non-hydrogen) atoms. The number of rotatable bonds is 8. The molecule has 4 N–H and O–H groups in total. The number of aliphatic carboxylic acids is 1. The van der Waals surface area contributed by atoms with Gasteiger partial charge in [-0.3, -0.25) is 9.78 Å². The van der Waals surface area contributed by atoms with E-state index in [0.717, 1.165) is 46.1 Å². The van der Waals surface area contributed by atoms with Crippen LogP contribution >= 0.6 is 0 Å². The number of likely N-dealkylation sites (tertiary alicyclic amines) is 1. The van der Waals surface area contributed by atoms with Crippen molar-refractivity contribution in [1.82, 2.24) is 19.9 Å². The highest BCUT2D eigenvalue weighted by molar-refractivity contribution is 5.94. The normalized spacial score (nSPS) is 14.1. The third-order valence-corrected chi connectivity index (χ3v) is 6.52. The number of nitrogens with two attached hydrogens (primary N) is 1. The number of aromatic nitrogens is 3. The number of nitrogens with zero attached hydrogens (tertiary/aromatic N) is 4. The summed E-state index contributed by atoms with van der Waals surface area (Å²) >= 11 is 0. The van der Waals surface area contributed by atoms with Gasteiger partial charge in [-0.2, -0.15) is 0 Å². The Kier molecular flexibility index (Phi) is 9.31. The van der Waals surface area contributed by atoms with E-state index < -0.39 is 12.0 Å². The van der Waals surface area contributed by atoms with Gasteiger partial charge < -0.3 is 30.5 Å². The quantitative estimate of drug-likeness (QED) is 0.209. The molecule has 0 bridgehead atoms. The maximum atomic E-state index is 11.1. The Bertz CT molecular complexity index is 1550. The second-order valence-electron chi connectivity index (χ2n) is 9.28. The third-order valence-electron chi connectivity index (χ3n) is 6.52. The minimum absolute atomic E-state index is 0.292. The number of carbonyl (C=O) groups excluding carboxylic acids is 1. The predicted molar refractivity (Wildman–Crippen MR) is 156 cm³/mol. The summed E-state index contributed by atoms with van der Waals surface area (Å²) in [6.45, 7) is 6.27. The average molecular weight is 557 g/mol. The number of fused-ring (bicyclic) bond motifs is 1. The number of pyridine rings is 1. The molecule has 2 aromatic heterocycles. The first kappa shape index (κ1) is 28.8. The molecule has 5 rings (SSSR count). The summed E-state index contributed by atoms with van der Waals surface area (Å²) < 4.78 is 11.2. The number of carbonyl (C=O) groups is 2. The van der Waals surface area contributed by atoms with Crippen LogP contribution in [-0.2, 0) is 16.2 Å². The molecular weight excluding hydrogens is 524 g/mol. The number of nitrogen functional groups attached to an aromatic ring is 1. The van der Waals surface area contributed by atoms with Gasteiger partial charge in [0.25, 0.3) is 0 Å². The lowest BCUT2D eigenvalue weighted by Gasteiger charge is -2.18. The van der Waals surface area contributed by atoms with Gasteiger partial charge in [-0.25, -0.2) is 14.8 Å². The van der Waals surface area contributed by atoms with Gasteiger partial charge in [-0.05, 0) is 67.8 Å². The monoisotopic (exact) mass is 556 g/mol. The Hall–Kier alpha value is -5.19. The number of aryl methyl sites for hydroxylation is 1. The SMILES string of the molecule is C=CC(=O)N1CCC[C@H]1C(=O)O.COc1cc2ncnc(Nc3ccc(OCc4ccccn4)c(C)c3)c2cc1N. The number of carboxylic acids is 1. The third kappa shape index (κ3) is 7.07. The molecule has 2 aromatic carbocycles. The zero-order valence-corrected chi connectivity index (χ0v) is 22.9. The summed E-state index contributed by atoms with van der Waals surface area (Å²) in [6, 6.07) is 14.6. The Morgan fingerprint density at radius 2 is 2.00 bits per heavy atom. The van der Waals surface area contributed by atoms with Crippen LogP contribution in [0.25, 0.3) is 10.9 Å². The van der Waals surface area contributed by atoms with Crippen molar-refractivity contribution in [2.45, 2.75) is 32.4 Å². The van der Waals surface area contributed by atoms with Crippen molar-refractivity contribution in [3.63, 3.8) is 0 Å². The Morgan fingerprint density at radius 3 is 2.68 bits per heavy atom. The van der Waals surface area contributed by atoms with Crippen molar-refractivity contribution in [2.75, 3.05) is 24.7 Å². The van der Waals surface area contributed by atoms with Crippen molar-refractivity contribution in [3.8, 4) is 11.5 Å². The van der Waals surface area contributed by atoms with E-state index in [0.29, 0.717) is 36.8 Å². The second-order valence-corrected chi connectivity index (χ2v) is 9.28. The molecule has 1 aliphatic heterocycles. The van der Waals surface area contributed by atoms with E-state index in [-0.39, 0.29) is 5.91 Å². The zero-order chi connectivity index (χ0) is 29.4. The van der Waals surface area contributed by atoms with E-state index in [1.54, 1.807) is 19.4 Å². The zero-order valence-electron chi connectivity index (χ0n) is 22.9. The van der Waals surface area contributed by atoms with Crippen LogP contribution < -0.4 is 20.5 Å². The Labute approximate surface area is 237 Å². The van der Waals surface area contributed by atoms with Crippen LogP contribution in [0.2, 0.25) is 0 Å². The van der Waals surface area contributed by atoms with Crippen molar-refractivity contribution >= 4 is 40.0 Å². The first-order valence-electron chi connectivity index (χ1n) is 12.9. The molecule has 1 atom stereocenters. The van der Waals surface area contributed by atoms with Crippen LogP contribution in [0.5, 0.6) is 11.5 Å². The van der Waals surface area contributed by atoms with Crippen LogP contribution in [0.15, 0.2) is 73.7 Å². The fourth-order valence-corrected chi connectivity index (χ4v) is 4.44. The molecule has 11 nitrogen and oxygen atoms in total. The lowest BCUT2D eigenvalue weighted by atomic mass is 10.1. The highest BCUT2D eigenvalue weighted by Gasteiger charge is 2.32. The molecule has 11 heteroatoms. The summed E-state index contributed by atoms with van der Waals surface area (Å²) in [5.41, 5.74) is 10.1. The number of hydrogen-bond acceptors (Lipinski definition) is 9. The maximum absolute atomic E-state index is 11.1. The highest BCUT2D eigenvalue weighted by atomic mass is 16.5. The summed E-state index contributed by atoms with van der Waals surface area (Å²) in [7, 11) is 1.58. The number of ether oxygens (including phenoxy) is 2. The van der Waals surface area contributed by atoms with Gasteiger partial charge in [-0.15, -0.1) is 0 Å². The molecule has 1 saturated heterocycles. The fourth-order valence-electron chi connectivity index (χ4n) is 4.44.